The molecule has 114 valence electrons. The van der Waals surface area contributed by atoms with Crippen molar-refractivity contribution in [3.05, 3.63) is 11.5 Å². The Kier molecular flexibility index (Phi) is 3.99. The van der Waals surface area contributed by atoms with E-state index in [9.17, 15) is 13.2 Å². The summed E-state index contributed by atoms with van der Waals surface area (Å²) in [6.07, 6.45) is -2.56. The predicted molar refractivity (Wildman–Crippen MR) is 68.9 cm³/mol. The number of ether oxygens (including phenoxy) is 1. The van der Waals surface area contributed by atoms with Gasteiger partial charge in [0.1, 0.15) is 0 Å². The van der Waals surface area contributed by atoms with Gasteiger partial charge in [-0.25, -0.2) is 0 Å². The van der Waals surface area contributed by atoms with Crippen molar-refractivity contribution < 1.29 is 27.2 Å². The van der Waals surface area contributed by atoms with Crippen LogP contribution in [0.4, 0.5) is 13.2 Å². The molecule has 0 saturated carbocycles. The number of hydrogen-bond acceptors (Lipinski definition) is 3. The Balaban J connectivity index is 1.97. The lowest BCUT2D eigenvalue weighted by atomic mass is 9.72. The van der Waals surface area contributed by atoms with E-state index in [1.165, 1.54) is 0 Å². The van der Waals surface area contributed by atoms with Gasteiger partial charge in [0, 0.05) is 0 Å². The van der Waals surface area contributed by atoms with E-state index < -0.39 is 30.8 Å². The van der Waals surface area contributed by atoms with Gasteiger partial charge in [0.2, 0.25) is 0 Å². The molecular weight excluding hydrogens is 272 g/mol. The van der Waals surface area contributed by atoms with Gasteiger partial charge in [0.05, 0.1) is 17.3 Å². The lowest BCUT2D eigenvalue weighted by Gasteiger charge is -2.32. The number of alkyl halides is 3. The van der Waals surface area contributed by atoms with Crippen LogP contribution in [0.2, 0.25) is 0 Å². The van der Waals surface area contributed by atoms with Crippen LogP contribution in [0.1, 0.15) is 47.0 Å². The maximum absolute atomic E-state index is 12.1. The van der Waals surface area contributed by atoms with E-state index in [4.69, 9.17) is 9.31 Å². The largest absolute Gasteiger partial charge is 0.522 e. The molecule has 1 saturated heterocycles. The molecule has 1 fully saturated rings. The first-order valence-electron chi connectivity index (χ1n) is 6.79. The van der Waals surface area contributed by atoms with Gasteiger partial charge in [-0.05, 0) is 52.4 Å². The van der Waals surface area contributed by atoms with Gasteiger partial charge in [-0.2, -0.15) is 0 Å². The van der Waals surface area contributed by atoms with Crippen molar-refractivity contribution in [3.8, 4) is 0 Å². The SMILES string of the molecule is CC1(C)OB(C2=CCC(OC(F)(F)F)CC2)OC1(C)C. The molecule has 0 radical (unpaired) electrons. The monoisotopic (exact) mass is 292 g/mol. The van der Waals surface area contributed by atoms with E-state index in [-0.39, 0.29) is 6.42 Å². The summed E-state index contributed by atoms with van der Waals surface area (Å²) in [5, 5.41) is 0. The van der Waals surface area contributed by atoms with Crippen LogP contribution in [0.5, 0.6) is 0 Å². The molecule has 0 amide bonds. The third kappa shape index (κ3) is 3.38. The lowest BCUT2D eigenvalue weighted by Crippen LogP contribution is -2.41. The highest BCUT2D eigenvalue weighted by Crippen LogP contribution is 2.40. The van der Waals surface area contributed by atoms with E-state index in [0.29, 0.717) is 12.8 Å². The Hall–Kier alpha value is -0.525. The quantitative estimate of drug-likeness (QED) is 0.727. The van der Waals surface area contributed by atoms with Crippen molar-refractivity contribution >= 4 is 7.12 Å². The normalized spacial score (nSPS) is 29.4. The molecule has 0 aromatic heterocycles. The molecule has 1 unspecified atom stereocenters. The van der Waals surface area contributed by atoms with Crippen LogP contribution in [0, 0.1) is 0 Å². The summed E-state index contributed by atoms with van der Waals surface area (Å²) in [6.45, 7) is 7.80. The third-order valence-electron chi connectivity index (χ3n) is 4.25. The molecule has 1 atom stereocenters. The topological polar surface area (TPSA) is 27.7 Å². The van der Waals surface area contributed by atoms with Crippen molar-refractivity contribution in [3.63, 3.8) is 0 Å². The molecule has 1 heterocycles. The van der Waals surface area contributed by atoms with Gasteiger partial charge >= 0.3 is 13.5 Å². The minimum atomic E-state index is -4.57. The van der Waals surface area contributed by atoms with E-state index >= 15 is 0 Å². The Bertz CT molecular complexity index is 388. The average molecular weight is 292 g/mol. The van der Waals surface area contributed by atoms with E-state index in [1.54, 1.807) is 6.08 Å². The summed E-state index contributed by atoms with van der Waals surface area (Å²) in [5.74, 6) is 0. The Morgan fingerprint density at radius 3 is 2.15 bits per heavy atom. The highest BCUT2D eigenvalue weighted by Gasteiger charge is 2.52. The molecule has 0 aromatic rings. The summed E-state index contributed by atoms with van der Waals surface area (Å²) in [7, 11) is -0.466. The molecule has 2 rings (SSSR count). The smallest absolute Gasteiger partial charge is 0.400 e. The second kappa shape index (κ2) is 5.03. The first kappa shape index (κ1) is 15.9. The molecule has 0 bridgehead atoms. The molecule has 0 N–H and O–H groups in total. The molecule has 20 heavy (non-hydrogen) atoms. The highest BCUT2D eigenvalue weighted by molar-refractivity contribution is 6.54. The second-order valence-corrected chi connectivity index (χ2v) is 6.33. The van der Waals surface area contributed by atoms with Crippen molar-refractivity contribution in [2.75, 3.05) is 0 Å². The summed E-state index contributed by atoms with van der Waals surface area (Å²) in [6, 6.07) is 0. The van der Waals surface area contributed by atoms with Crippen LogP contribution in [0.25, 0.3) is 0 Å². The standard InChI is InChI=1S/C13H20BF3O3/c1-11(2)12(3,4)20-14(19-11)9-5-7-10(8-6-9)18-13(15,16)17/h5,10H,6-8H2,1-4H3. The van der Waals surface area contributed by atoms with Gasteiger partial charge in [-0.1, -0.05) is 6.08 Å². The Morgan fingerprint density at radius 1 is 1.20 bits per heavy atom. The van der Waals surface area contributed by atoms with Crippen molar-refractivity contribution in [1.82, 2.24) is 0 Å². The summed E-state index contributed by atoms with van der Waals surface area (Å²) in [5.41, 5.74) is 0.0426. The highest BCUT2D eigenvalue weighted by atomic mass is 19.4. The molecule has 1 aliphatic carbocycles. The lowest BCUT2D eigenvalue weighted by molar-refractivity contribution is -0.343. The molecule has 0 spiro atoms. The average Bonchev–Trinajstić information content (AvgIpc) is 2.47. The summed E-state index contributed by atoms with van der Waals surface area (Å²) < 4.78 is 52.3. The Labute approximate surface area is 117 Å². The zero-order valence-electron chi connectivity index (χ0n) is 12.2. The number of allylic oxidation sites excluding steroid dienone is 1. The molecule has 7 heteroatoms. The van der Waals surface area contributed by atoms with E-state index in [2.05, 4.69) is 4.74 Å². The van der Waals surface area contributed by atoms with Gasteiger partial charge < -0.3 is 9.31 Å². The van der Waals surface area contributed by atoms with E-state index in [1.807, 2.05) is 27.7 Å². The van der Waals surface area contributed by atoms with Crippen LogP contribution in [-0.4, -0.2) is 30.8 Å². The van der Waals surface area contributed by atoms with Crippen LogP contribution in [0.15, 0.2) is 11.5 Å². The third-order valence-corrected chi connectivity index (χ3v) is 4.25. The first-order valence-corrected chi connectivity index (χ1v) is 6.79. The molecule has 0 aromatic carbocycles. The second-order valence-electron chi connectivity index (χ2n) is 6.33. The Morgan fingerprint density at radius 2 is 1.75 bits per heavy atom. The van der Waals surface area contributed by atoms with Crippen molar-refractivity contribution in [1.29, 1.82) is 0 Å². The maximum Gasteiger partial charge on any atom is 0.522 e. The molecule has 2 aliphatic rings. The minimum absolute atomic E-state index is 0.235. The molecular formula is C13H20BF3O3. The molecule has 1 aliphatic heterocycles. The fraction of sp³-hybridized carbons (Fsp3) is 0.846. The molecule has 3 nitrogen and oxygen atoms in total. The van der Waals surface area contributed by atoms with E-state index in [0.717, 1.165) is 5.47 Å². The van der Waals surface area contributed by atoms with Gasteiger partial charge in [0.15, 0.2) is 0 Å². The number of halogens is 3. The number of hydrogen-bond donors (Lipinski definition) is 0. The first-order chi connectivity index (χ1) is 9.00. The fourth-order valence-corrected chi connectivity index (χ4v) is 2.33. The zero-order valence-corrected chi connectivity index (χ0v) is 12.2. The fourth-order valence-electron chi connectivity index (χ4n) is 2.33. The summed E-state index contributed by atoms with van der Waals surface area (Å²) >= 11 is 0. The van der Waals surface area contributed by atoms with Crippen LogP contribution >= 0.6 is 0 Å². The predicted octanol–water partition coefficient (Wildman–Crippen LogP) is 3.63. The van der Waals surface area contributed by atoms with Gasteiger partial charge in [-0.3, -0.25) is 4.74 Å². The number of rotatable bonds is 2. The summed E-state index contributed by atoms with van der Waals surface area (Å²) in [4.78, 5) is 0. The maximum atomic E-state index is 12.1. The van der Waals surface area contributed by atoms with Gasteiger partial charge in [0.25, 0.3) is 0 Å². The van der Waals surface area contributed by atoms with Crippen LogP contribution in [-0.2, 0) is 14.0 Å². The van der Waals surface area contributed by atoms with Crippen LogP contribution in [0.3, 0.4) is 0 Å². The van der Waals surface area contributed by atoms with Crippen molar-refractivity contribution in [2.24, 2.45) is 0 Å². The minimum Gasteiger partial charge on any atom is -0.400 e. The zero-order chi connectivity index (χ0) is 15.2. The van der Waals surface area contributed by atoms with Crippen molar-refractivity contribution in [2.45, 2.75) is 70.6 Å². The van der Waals surface area contributed by atoms with Crippen LogP contribution < -0.4 is 0 Å². The van der Waals surface area contributed by atoms with Gasteiger partial charge in [-0.15, -0.1) is 13.2 Å².